The Labute approximate surface area is 190 Å². The van der Waals surface area contributed by atoms with Crippen LogP contribution in [-0.4, -0.2) is 45.1 Å². The van der Waals surface area contributed by atoms with Crippen LogP contribution in [-0.2, 0) is 11.3 Å². The molecule has 0 atom stereocenters. The van der Waals surface area contributed by atoms with Crippen molar-refractivity contribution >= 4 is 23.4 Å². The minimum atomic E-state index is -0.452. The largest absolute Gasteiger partial charge is 0.357 e. The highest BCUT2D eigenvalue weighted by molar-refractivity contribution is 6.30. The summed E-state index contributed by atoms with van der Waals surface area (Å²) in [5.74, 6) is -0.831. The number of carbonyl (C=O) groups is 2. The Morgan fingerprint density at radius 2 is 1.81 bits per heavy atom. The number of amides is 2. The Hall–Kier alpha value is -3.68. The average Bonchev–Trinajstić information content (AvgIpc) is 3.45. The molecule has 0 radical (unpaired) electrons. The lowest BCUT2D eigenvalue weighted by atomic mass is 10.1. The second-order valence-electron chi connectivity index (χ2n) is 7.42. The zero-order valence-corrected chi connectivity index (χ0v) is 18.2. The highest BCUT2D eigenvalue weighted by Gasteiger charge is 2.17. The van der Waals surface area contributed by atoms with Gasteiger partial charge >= 0.3 is 0 Å². The van der Waals surface area contributed by atoms with Crippen LogP contribution in [0.2, 0.25) is 5.02 Å². The standard InChI is InChI=1S/C24H22ClN5O2/c1-29(16-22(31)27-24(32)21-8-5-13-26-21)14-18-15-30(20-6-3-2-4-7-20)28-23(18)17-9-11-19(25)12-10-17/h2-13,15,26H,14,16H2,1H3,(H,27,31,32). The topological polar surface area (TPSA) is 83.0 Å². The quantitative estimate of drug-likeness (QED) is 0.450. The summed E-state index contributed by atoms with van der Waals surface area (Å²) in [6.45, 7) is 0.526. The monoisotopic (exact) mass is 447 g/mol. The predicted octanol–water partition coefficient (Wildman–Crippen LogP) is 3.91. The van der Waals surface area contributed by atoms with E-state index in [0.29, 0.717) is 17.3 Å². The van der Waals surface area contributed by atoms with Gasteiger partial charge in [-0.3, -0.25) is 19.8 Å². The number of benzene rings is 2. The van der Waals surface area contributed by atoms with Crippen molar-refractivity contribution in [3.05, 3.63) is 95.4 Å². The summed E-state index contributed by atoms with van der Waals surface area (Å²) in [6, 6.07) is 20.6. The van der Waals surface area contributed by atoms with Crippen molar-refractivity contribution in [1.82, 2.24) is 25.0 Å². The summed E-state index contributed by atoms with van der Waals surface area (Å²) in [4.78, 5) is 29.0. The van der Waals surface area contributed by atoms with E-state index in [9.17, 15) is 9.59 Å². The van der Waals surface area contributed by atoms with Crippen molar-refractivity contribution in [1.29, 1.82) is 0 Å². The molecule has 0 unspecified atom stereocenters. The van der Waals surface area contributed by atoms with E-state index in [4.69, 9.17) is 16.7 Å². The molecule has 0 saturated heterocycles. The Morgan fingerprint density at radius 3 is 2.50 bits per heavy atom. The summed E-state index contributed by atoms with van der Waals surface area (Å²) in [5.41, 5.74) is 3.96. The molecule has 0 spiro atoms. The van der Waals surface area contributed by atoms with Crippen LogP contribution in [0.5, 0.6) is 0 Å². The molecule has 8 heteroatoms. The fourth-order valence-electron chi connectivity index (χ4n) is 3.39. The van der Waals surface area contributed by atoms with Crippen molar-refractivity contribution in [2.45, 2.75) is 6.54 Å². The van der Waals surface area contributed by atoms with Crippen LogP contribution >= 0.6 is 11.6 Å². The predicted molar refractivity (Wildman–Crippen MR) is 124 cm³/mol. The van der Waals surface area contributed by atoms with Gasteiger partial charge in [-0.2, -0.15) is 5.10 Å². The fraction of sp³-hybridized carbons (Fsp3) is 0.125. The molecular weight excluding hydrogens is 426 g/mol. The number of nitrogens with zero attached hydrogens (tertiary/aromatic N) is 3. The van der Waals surface area contributed by atoms with Gasteiger partial charge in [-0.25, -0.2) is 4.68 Å². The summed E-state index contributed by atoms with van der Waals surface area (Å²) in [7, 11) is 1.82. The first-order chi connectivity index (χ1) is 15.5. The third-order valence-electron chi connectivity index (χ3n) is 4.88. The van der Waals surface area contributed by atoms with Crippen LogP contribution in [0.4, 0.5) is 0 Å². The molecule has 7 nitrogen and oxygen atoms in total. The van der Waals surface area contributed by atoms with Gasteiger partial charge in [0.1, 0.15) is 5.69 Å². The van der Waals surface area contributed by atoms with E-state index in [1.807, 2.05) is 77.4 Å². The Bertz CT molecular complexity index is 1200. The Kier molecular flexibility index (Phi) is 6.49. The lowest BCUT2D eigenvalue weighted by Gasteiger charge is -2.15. The number of carbonyl (C=O) groups excluding carboxylic acids is 2. The second-order valence-corrected chi connectivity index (χ2v) is 7.86. The smallest absolute Gasteiger partial charge is 0.274 e. The number of imide groups is 1. The van der Waals surface area contributed by atoms with Gasteiger partial charge in [0.2, 0.25) is 5.91 Å². The average molecular weight is 448 g/mol. The molecule has 0 fully saturated rings. The van der Waals surface area contributed by atoms with Crippen molar-refractivity contribution in [3.8, 4) is 16.9 Å². The first-order valence-electron chi connectivity index (χ1n) is 10.1. The van der Waals surface area contributed by atoms with Gasteiger partial charge in [0, 0.05) is 35.1 Å². The molecule has 0 aliphatic carbocycles. The molecule has 0 aliphatic heterocycles. The maximum absolute atomic E-state index is 12.3. The van der Waals surface area contributed by atoms with E-state index in [1.54, 1.807) is 18.3 Å². The van der Waals surface area contributed by atoms with Crippen LogP contribution in [0.25, 0.3) is 16.9 Å². The summed E-state index contributed by atoms with van der Waals surface area (Å²) < 4.78 is 1.82. The minimum absolute atomic E-state index is 0.0586. The molecule has 0 bridgehead atoms. The SMILES string of the molecule is CN(CC(=O)NC(=O)c1ccc[nH]1)Cc1cn(-c2ccccc2)nc1-c1ccc(Cl)cc1. The minimum Gasteiger partial charge on any atom is -0.357 e. The molecule has 2 N–H and O–H groups in total. The van der Waals surface area contributed by atoms with Gasteiger partial charge in [-0.05, 0) is 43.4 Å². The molecule has 2 heterocycles. The van der Waals surface area contributed by atoms with E-state index < -0.39 is 5.91 Å². The maximum atomic E-state index is 12.3. The molecule has 2 amide bonds. The molecule has 2 aromatic carbocycles. The van der Waals surface area contributed by atoms with Crippen molar-refractivity contribution in [2.75, 3.05) is 13.6 Å². The highest BCUT2D eigenvalue weighted by atomic mass is 35.5. The van der Waals surface area contributed by atoms with Gasteiger partial charge in [0.15, 0.2) is 0 Å². The third-order valence-corrected chi connectivity index (χ3v) is 5.13. The highest BCUT2D eigenvalue weighted by Crippen LogP contribution is 2.26. The zero-order chi connectivity index (χ0) is 22.5. The number of para-hydroxylation sites is 1. The lowest BCUT2D eigenvalue weighted by Crippen LogP contribution is -2.38. The zero-order valence-electron chi connectivity index (χ0n) is 17.5. The van der Waals surface area contributed by atoms with Crippen LogP contribution < -0.4 is 5.32 Å². The Balaban J connectivity index is 1.52. The third kappa shape index (κ3) is 5.14. The Morgan fingerprint density at radius 1 is 1.06 bits per heavy atom. The van der Waals surface area contributed by atoms with E-state index in [2.05, 4.69) is 10.3 Å². The van der Waals surface area contributed by atoms with Gasteiger partial charge in [-0.15, -0.1) is 0 Å². The van der Waals surface area contributed by atoms with E-state index in [1.165, 1.54) is 0 Å². The number of hydrogen-bond donors (Lipinski definition) is 2. The maximum Gasteiger partial charge on any atom is 0.274 e. The van der Waals surface area contributed by atoms with Gasteiger partial charge in [0.25, 0.3) is 5.91 Å². The number of aromatic amines is 1. The van der Waals surface area contributed by atoms with Crippen molar-refractivity contribution in [3.63, 3.8) is 0 Å². The molecule has 4 aromatic rings. The van der Waals surface area contributed by atoms with Gasteiger partial charge in [-0.1, -0.05) is 41.9 Å². The fourth-order valence-corrected chi connectivity index (χ4v) is 3.51. The van der Waals surface area contributed by atoms with Crippen molar-refractivity contribution < 1.29 is 9.59 Å². The molecule has 2 aromatic heterocycles. The summed E-state index contributed by atoms with van der Waals surface area (Å²) in [5, 5.41) is 7.83. The molecular formula is C24H22ClN5O2. The number of halogens is 1. The summed E-state index contributed by atoms with van der Waals surface area (Å²) >= 11 is 6.05. The summed E-state index contributed by atoms with van der Waals surface area (Å²) in [6.07, 6.45) is 3.59. The van der Waals surface area contributed by atoms with Crippen molar-refractivity contribution in [2.24, 2.45) is 0 Å². The van der Waals surface area contributed by atoms with Crippen LogP contribution in [0.3, 0.4) is 0 Å². The normalized spacial score (nSPS) is 11.0. The van der Waals surface area contributed by atoms with Crippen LogP contribution in [0.1, 0.15) is 16.1 Å². The number of hydrogen-bond acceptors (Lipinski definition) is 4. The number of likely N-dealkylation sites (N-methyl/N-ethyl adjacent to an activating group) is 1. The first kappa shape index (κ1) is 21.5. The number of nitrogens with one attached hydrogen (secondary N) is 2. The lowest BCUT2D eigenvalue weighted by molar-refractivity contribution is -0.121. The van der Waals surface area contributed by atoms with E-state index >= 15 is 0 Å². The number of aromatic nitrogens is 3. The van der Waals surface area contributed by atoms with Gasteiger partial charge < -0.3 is 4.98 Å². The molecule has 162 valence electrons. The first-order valence-corrected chi connectivity index (χ1v) is 10.4. The molecule has 0 aliphatic rings. The van der Waals surface area contributed by atoms with Gasteiger partial charge in [0.05, 0.1) is 17.9 Å². The number of H-pyrrole nitrogens is 1. The second kappa shape index (κ2) is 9.64. The molecule has 32 heavy (non-hydrogen) atoms. The molecule has 4 rings (SSSR count). The van der Waals surface area contributed by atoms with E-state index in [0.717, 1.165) is 22.5 Å². The van der Waals surface area contributed by atoms with Crippen LogP contribution in [0.15, 0.2) is 79.1 Å². The number of rotatable bonds is 7. The van der Waals surface area contributed by atoms with Crippen LogP contribution in [0, 0.1) is 0 Å². The van der Waals surface area contributed by atoms with E-state index in [-0.39, 0.29) is 12.5 Å². The molecule has 0 saturated carbocycles.